The van der Waals surface area contributed by atoms with Crippen molar-refractivity contribution in [1.82, 2.24) is 19.6 Å². The molecule has 116 valence electrons. The van der Waals surface area contributed by atoms with Crippen molar-refractivity contribution in [3.8, 4) is 0 Å². The highest BCUT2D eigenvalue weighted by Gasteiger charge is 2.24. The fourth-order valence-electron chi connectivity index (χ4n) is 2.74. The van der Waals surface area contributed by atoms with Crippen LogP contribution in [0.25, 0.3) is 0 Å². The summed E-state index contributed by atoms with van der Waals surface area (Å²) in [6.07, 6.45) is 4.09. The Balaban J connectivity index is 2.90. The second-order valence-electron chi connectivity index (χ2n) is 6.04. The third kappa shape index (κ3) is 4.30. The lowest BCUT2D eigenvalue weighted by Crippen LogP contribution is -2.44. The number of likely N-dealkylation sites (N-methyl/N-ethyl adjacent to an activating group) is 2. The van der Waals surface area contributed by atoms with E-state index in [1.807, 2.05) is 10.9 Å². The van der Waals surface area contributed by atoms with E-state index in [4.69, 9.17) is 5.73 Å². The summed E-state index contributed by atoms with van der Waals surface area (Å²) >= 11 is 0. The van der Waals surface area contributed by atoms with Gasteiger partial charge in [-0.1, -0.05) is 6.92 Å². The maximum absolute atomic E-state index is 6.04. The van der Waals surface area contributed by atoms with E-state index in [-0.39, 0.29) is 6.04 Å². The zero-order valence-corrected chi connectivity index (χ0v) is 13.9. The fourth-order valence-corrected chi connectivity index (χ4v) is 2.74. The summed E-state index contributed by atoms with van der Waals surface area (Å²) in [5, 5.41) is 4.45. The molecule has 0 saturated carbocycles. The van der Waals surface area contributed by atoms with Gasteiger partial charge in [0.1, 0.15) is 0 Å². The third-order valence-corrected chi connectivity index (χ3v) is 3.72. The SMILES string of the molecule is CCN(C(C)CN(C)C)C(CN)c1cnn(C(C)C)c1. The molecular weight excluding hydrogens is 250 g/mol. The summed E-state index contributed by atoms with van der Waals surface area (Å²) in [7, 11) is 4.22. The Morgan fingerprint density at radius 3 is 2.35 bits per heavy atom. The Morgan fingerprint density at radius 2 is 1.95 bits per heavy atom. The first-order valence-electron chi connectivity index (χ1n) is 7.55. The molecule has 0 aliphatic rings. The first-order valence-corrected chi connectivity index (χ1v) is 7.55. The lowest BCUT2D eigenvalue weighted by Gasteiger charge is -2.36. The van der Waals surface area contributed by atoms with E-state index in [0.717, 1.165) is 13.1 Å². The second-order valence-corrected chi connectivity index (χ2v) is 6.04. The van der Waals surface area contributed by atoms with E-state index < -0.39 is 0 Å². The van der Waals surface area contributed by atoms with Gasteiger partial charge < -0.3 is 10.6 Å². The summed E-state index contributed by atoms with van der Waals surface area (Å²) in [6, 6.07) is 1.09. The normalized spacial score (nSPS) is 15.3. The Morgan fingerprint density at radius 1 is 1.30 bits per heavy atom. The number of aromatic nitrogens is 2. The number of nitrogens with zero attached hydrogens (tertiary/aromatic N) is 4. The molecule has 2 N–H and O–H groups in total. The van der Waals surface area contributed by atoms with Gasteiger partial charge in [0.15, 0.2) is 0 Å². The van der Waals surface area contributed by atoms with Crippen molar-refractivity contribution in [3.63, 3.8) is 0 Å². The Kier molecular flexibility index (Phi) is 6.65. The molecule has 1 rings (SSSR count). The lowest BCUT2D eigenvalue weighted by atomic mass is 10.1. The highest BCUT2D eigenvalue weighted by atomic mass is 15.3. The molecule has 1 heterocycles. The van der Waals surface area contributed by atoms with Gasteiger partial charge in [-0.2, -0.15) is 5.10 Å². The molecule has 5 heteroatoms. The standard InChI is InChI=1S/C15H31N5/c1-7-19(13(4)10-18(5)6)15(8-16)14-9-17-20(11-14)12(2)3/h9,11-13,15H,7-8,10,16H2,1-6H3. The second kappa shape index (κ2) is 7.76. The zero-order chi connectivity index (χ0) is 15.3. The molecule has 0 bridgehead atoms. The highest BCUT2D eigenvalue weighted by Crippen LogP contribution is 2.22. The van der Waals surface area contributed by atoms with Crippen LogP contribution in [0.15, 0.2) is 12.4 Å². The van der Waals surface area contributed by atoms with Crippen molar-refractivity contribution in [1.29, 1.82) is 0 Å². The summed E-state index contributed by atoms with van der Waals surface area (Å²) in [5.74, 6) is 0. The van der Waals surface area contributed by atoms with Gasteiger partial charge >= 0.3 is 0 Å². The maximum atomic E-state index is 6.04. The van der Waals surface area contributed by atoms with Crippen LogP contribution in [0.4, 0.5) is 0 Å². The minimum absolute atomic E-state index is 0.238. The Labute approximate surface area is 123 Å². The monoisotopic (exact) mass is 281 g/mol. The summed E-state index contributed by atoms with van der Waals surface area (Å²) in [5.41, 5.74) is 7.26. The molecule has 0 amide bonds. The van der Waals surface area contributed by atoms with E-state index in [9.17, 15) is 0 Å². The van der Waals surface area contributed by atoms with Crippen molar-refractivity contribution in [2.45, 2.75) is 45.8 Å². The number of hydrogen-bond acceptors (Lipinski definition) is 4. The van der Waals surface area contributed by atoms with Crippen molar-refractivity contribution >= 4 is 0 Å². The van der Waals surface area contributed by atoms with Gasteiger partial charge in [-0.05, 0) is 41.4 Å². The van der Waals surface area contributed by atoms with Crippen LogP contribution in [0.1, 0.15) is 45.3 Å². The zero-order valence-electron chi connectivity index (χ0n) is 13.9. The summed E-state index contributed by atoms with van der Waals surface area (Å²) < 4.78 is 2.00. The van der Waals surface area contributed by atoms with Gasteiger partial charge in [0.25, 0.3) is 0 Å². The molecule has 5 nitrogen and oxygen atoms in total. The van der Waals surface area contributed by atoms with Crippen LogP contribution >= 0.6 is 0 Å². The molecule has 0 aliphatic carbocycles. The van der Waals surface area contributed by atoms with Gasteiger partial charge in [0.05, 0.1) is 12.2 Å². The Bertz CT molecular complexity index is 385. The molecule has 0 saturated heterocycles. The van der Waals surface area contributed by atoms with Crippen LogP contribution < -0.4 is 5.73 Å². The van der Waals surface area contributed by atoms with E-state index in [0.29, 0.717) is 18.6 Å². The van der Waals surface area contributed by atoms with Crippen molar-refractivity contribution in [3.05, 3.63) is 18.0 Å². The molecule has 0 radical (unpaired) electrons. The van der Waals surface area contributed by atoms with Crippen molar-refractivity contribution in [2.24, 2.45) is 5.73 Å². The molecule has 0 fully saturated rings. The van der Waals surface area contributed by atoms with Crippen molar-refractivity contribution < 1.29 is 0 Å². The predicted octanol–water partition coefficient (Wildman–Crippen LogP) is 1.74. The van der Waals surface area contributed by atoms with Gasteiger partial charge in [-0.25, -0.2) is 0 Å². The quantitative estimate of drug-likeness (QED) is 0.788. The molecule has 2 unspecified atom stereocenters. The van der Waals surface area contributed by atoms with Crippen LogP contribution in [-0.4, -0.2) is 59.4 Å². The van der Waals surface area contributed by atoms with Gasteiger partial charge in [-0.15, -0.1) is 0 Å². The lowest BCUT2D eigenvalue weighted by molar-refractivity contribution is 0.131. The molecule has 20 heavy (non-hydrogen) atoms. The smallest absolute Gasteiger partial charge is 0.0538 e. The average Bonchev–Trinajstić information content (AvgIpc) is 2.83. The topological polar surface area (TPSA) is 50.3 Å². The molecule has 2 atom stereocenters. The molecule has 0 aliphatic heterocycles. The van der Waals surface area contributed by atoms with Crippen LogP contribution in [0.2, 0.25) is 0 Å². The highest BCUT2D eigenvalue weighted by molar-refractivity contribution is 5.12. The number of rotatable bonds is 8. The third-order valence-electron chi connectivity index (χ3n) is 3.72. The molecule has 1 aromatic rings. The van der Waals surface area contributed by atoms with E-state index in [1.165, 1.54) is 5.56 Å². The predicted molar refractivity (Wildman–Crippen MR) is 84.8 cm³/mol. The summed E-state index contributed by atoms with van der Waals surface area (Å²) in [4.78, 5) is 4.68. The van der Waals surface area contributed by atoms with Gasteiger partial charge in [-0.3, -0.25) is 9.58 Å². The molecule has 1 aromatic heterocycles. The summed E-state index contributed by atoms with van der Waals surface area (Å²) in [6.45, 7) is 11.4. The van der Waals surface area contributed by atoms with E-state index in [2.05, 4.69) is 62.9 Å². The fraction of sp³-hybridized carbons (Fsp3) is 0.800. The molecule has 0 spiro atoms. The minimum Gasteiger partial charge on any atom is -0.329 e. The minimum atomic E-state index is 0.238. The van der Waals surface area contributed by atoms with Gasteiger partial charge in [0, 0.05) is 36.9 Å². The first-order chi connectivity index (χ1) is 9.40. The van der Waals surface area contributed by atoms with Crippen LogP contribution in [-0.2, 0) is 0 Å². The number of nitrogens with two attached hydrogens (primary N) is 1. The van der Waals surface area contributed by atoms with E-state index in [1.54, 1.807) is 0 Å². The largest absolute Gasteiger partial charge is 0.329 e. The van der Waals surface area contributed by atoms with Crippen molar-refractivity contribution in [2.75, 3.05) is 33.7 Å². The number of hydrogen-bond donors (Lipinski definition) is 1. The van der Waals surface area contributed by atoms with Crippen LogP contribution in [0.5, 0.6) is 0 Å². The van der Waals surface area contributed by atoms with Crippen LogP contribution in [0.3, 0.4) is 0 Å². The van der Waals surface area contributed by atoms with Crippen LogP contribution in [0, 0.1) is 0 Å². The molecular formula is C15H31N5. The maximum Gasteiger partial charge on any atom is 0.0538 e. The average molecular weight is 281 g/mol. The van der Waals surface area contributed by atoms with Gasteiger partial charge in [0.2, 0.25) is 0 Å². The first kappa shape index (κ1) is 17.1. The van der Waals surface area contributed by atoms with E-state index >= 15 is 0 Å². The molecule has 0 aromatic carbocycles. The Hall–Kier alpha value is -0.910.